The van der Waals surface area contributed by atoms with E-state index >= 15 is 0 Å². The van der Waals surface area contributed by atoms with Crippen molar-refractivity contribution in [1.82, 2.24) is 4.90 Å². The molecule has 7 nitrogen and oxygen atoms in total. The van der Waals surface area contributed by atoms with E-state index in [-0.39, 0.29) is 6.42 Å². The second-order valence-electron chi connectivity index (χ2n) is 6.51. The topological polar surface area (TPSA) is 80.0 Å². The number of carbonyl (C=O) groups is 2. The van der Waals surface area contributed by atoms with Crippen LogP contribution in [0.5, 0.6) is 0 Å². The number of urea groups is 1. The molecule has 2 heterocycles. The number of amides is 3. The van der Waals surface area contributed by atoms with Crippen LogP contribution in [0.15, 0.2) is 17.1 Å². The van der Waals surface area contributed by atoms with E-state index in [1.54, 1.807) is 11.9 Å². The Morgan fingerprint density at radius 2 is 1.72 bits per heavy atom. The van der Waals surface area contributed by atoms with Crippen molar-refractivity contribution in [3.05, 3.63) is 23.3 Å². The molecule has 25 heavy (non-hydrogen) atoms. The van der Waals surface area contributed by atoms with Crippen LogP contribution in [0.4, 0.5) is 16.2 Å². The first-order chi connectivity index (χ1) is 11.8. The van der Waals surface area contributed by atoms with E-state index in [1.165, 1.54) is 7.05 Å². The number of hydrogen-bond acceptors (Lipinski definition) is 5. The van der Waals surface area contributed by atoms with Crippen molar-refractivity contribution in [3.63, 3.8) is 0 Å². The zero-order chi connectivity index (χ0) is 18.5. The van der Waals surface area contributed by atoms with Crippen LogP contribution in [0.1, 0.15) is 24.5 Å². The summed E-state index contributed by atoms with van der Waals surface area (Å²) < 4.78 is 0. The number of amidine groups is 1. The van der Waals surface area contributed by atoms with Gasteiger partial charge in [-0.3, -0.25) is 9.69 Å². The summed E-state index contributed by atoms with van der Waals surface area (Å²) in [6.45, 7) is 6.48. The minimum absolute atomic E-state index is 0.0766. The van der Waals surface area contributed by atoms with Crippen LogP contribution in [-0.2, 0) is 4.79 Å². The molecule has 1 aromatic carbocycles. The first-order valence-electron chi connectivity index (χ1n) is 8.20. The summed E-state index contributed by atoms with van der Waals surface area (Å²) in [5, 5.41) is 9.46. The second-order valence-corrected chi connectivity index (χ2v) is 6.51. The first-order valence-corrected chi connectivity index (χ1v) is 8.20. The monoisotopic (exact) mass is 339 g/mol. The van der Waals surface area contributed by atoms with E-state index in [4.69, 9.17) is 0 Å². The number of fused-ring (bicyclic) bond motifs is 2. The lowest BCUT2D eigenvalue weighted by Gasteiger charge is -2.52. The molecule has 0 saturated heterocycles. The SMILES string of the molecule is CCN1c2cc(C)c(C)cc2N(C)C2=NC(=O)N(C)C(=O)C21CC#N. The summed E-state index contributed by atoms with van der Waals surface area (Å²) in [5.74, 6) is -0.0959. The van der Waals surface area contributed by atoms with Gasteiger partial charge in [0, 0.05) is 20.6 Å². The number of imide groups is 1. The Bertz CT molecular complexity index is 854. The van der Waals surface area contributed by atoms with Crippen molar-refractivity contribution in [2.45, 2.75) is 32.7 Å². The summed E-state index contributed by atoms with van der Waals surface area (Å²) in [4.78, 5) is 34.2. The van der Waals surface area contributed by atoms with Crippen LogP contribution in [-0.4, -0.2) is 48.9 Å². The number of aryl methyl sites for hydroxylation is 2. The number of likely N-dealkylation sites (N-methyl/N-ethyl adjacent to an activating group) is 3. The molecule has 0 radical (unpaired) electrons. The molecule has 2 aliphatic heterocycles. The first kappa shape index (κ1) is 17.0. The summed E-state index contributed by atoms with van der Waals surface area (Å²) in [6, 6.07) is 5.58. The van der Waals surface area contributed by atoms with Crippen molar-refractivity contribution in [2.24, 2.45) is 4.99 Å². The van der Waals surface area contributed by atoms with Crippen LogP contribution >= 0.6 is 0 Å². The number of rotatable bonds is 2. The zero-order valence-corrected chi connectivity index (χ0v) is 15.1. The Morgan fingerprint density at radius 1 is 1.12 bits per heavy atom. The van der Waals surface area contributed by atoms with Crippen LogP contribution in [0, 0.1) is 25.2 Å². The van der Waals surface area contributed by atoms with Crippen molar-refractivity contribution < 1.29 is 9.59 Å². The zero-order valence-electron chi connectivity index (χ0n) is 15.1. The molecule has 0 aliphatic carbocycles. The van der Waals surface area contributed by atoms with Gasteiger partial charge in [0.05, 0.1) is 23.9 Å². The van der Waals surface area contributed by atoms with Gasteiger partial charge in [-0.15, -0.1) is 0 Å². The van der Waals surface area contributed by atoms with Crippen molar-refractivity contribution in [1.29, 1.82) is 5.26 Å². The van der Waals surface area contributed by atoms with Crippen LogP contribution in [0.2, 0.25) is 0 Å². The molecule has 0 aromatic heterocycles. The fourth-order valence-corrected chi connectivity index (χ4v) is 3.70. The summed E-state index contributed by atoms with van der Waals surface area (Å²) >= 11 is 0. The number of anilines is 2. The quantitative estimate of drug-likeness (QED) is 0.825. The third-order valence-corrected chi connectivity index (χ3v) is 5.19. The lowest BCUT2D eigenvalue weighted by atomic mass is 9.84. The average Bonchev–Trinajstić information content (AvgIpc) is 2.58. The van der Waals surface area contributed by atoms with Gasteiger partial charge in [0.2, 0.25) is 0 Å². The molecule has 0 saturated carbocycles. The molecule has 0 N–H and O–H groups in total. The van der Waals surface area contributed by atoms with Gasteiger partial charge in [0.25, 0.3) is 5.91 Å². The Morgan fingerprint density at radius 3 is 2.28 bits per heavy atom. The van der Waals surface area contributed by atoms with E-state index < -0.39 is 17.5 Å². The van der Waals surface area contributed by atoms with E-state index in [9.17, 15) is 14.9 Å². The molecular formula is C18H21N5O2. The molecule has 7 heteroatoms. The number of nitriles is 1. The average molecular weight is 339 g/mol. The number of benzene rings is 1. The minimum Gasteiger partial charge on any atom is -0.349 e. The fourth-order valence-electron chi connectivity index (χ4n) is 3.70. The Balaban J connectivity index is 2.38. The Kier molecular flexibility index (Phi) is 3.79. The Labute approximate surface area is 147 Å². The van der Waals surface area contributed by atoms with E-state index in [0.29, 0.717) is 12.4 Å². The van der Waals surface area contributed by atoms with Gasteiger partial charge < -0.3 is 9.80 Å². The molecule has 2 aliphatic rings. The van der Waals surface area contributed by atoms with Crippen LogP contribution in [0.25, 0.3) is 0 Å². The molecule has 1 atom stereocenters. The lowest BCUT2D eigenvalue weighted by Crippen LogP contribution is -2.72. The number of hydrogen-bond donors (Lipinski definition) is 0. The summed E-state index contributed by atoms with van der Waals surface area (Å²) in [6.07, 6.45) is -0.0766. The van der Waals surface area contributed by atoms with Crippen molar-refractivity contribution in [2.75, 3.05) is 30.4 Å². The predicted molar refractivity (Wildman–Crippen MR) is 95.9 cm³/mol. The molecule has 0 spiro atoms. The van der Waals surface area contributed by atoms with Crippen molar-refractivity contribution >= 4 is 29.1 Å². The highest BCUT2D eigenvalue weighted by atomic mass is 16.2. The van der Waals surface area contributed by atoms with Gasteiger partial charge in [-0.2, -0.15) is 10.3 Å². The molecule has 130 valence electrons. The van der Waals surface area contributed by atoms with Gasteiger partial charge in [-0.25, -0.2) is 4.79 Å². The smallest absolute Gasteiger partial charge is 0.349 e. The van der Waals surface area contributed by atoms with Crippen molar-refractivity contribution in [3.8, 4) is 6.07 Å². The molecule has 0 fully saturated rings. The minimum atomic E-state index is -1.28. The third kappa shape index (κ3) is 2.07. The maximum absolute atomic E-state index is 13.2. The Hall–Kier alpha value is -2.88. The molecule has 3 rings (SSSR count). The predicted octanol–water partition coefficient (Wildman–Crippen LogP) is 2.22. The largest absolute Gasteiger partial charge is 0.351 e. The molecular weight excluding hydrogens is 318 g/mol. The van der Waals surface area contributed by atoms with E-state index in [0.717, 1.165) is 27.4 Å². The third-order valence-electron chi connectivity index (χ3n) is 5.19. The summed E-state index contributed by atoms with van der Waals surface area (Å²) in [5.41, 5.74) is 2.68. The maximum atomic E-state index is 13.2. The number of nitrogens with zero attached hydrogens (tertiary/aromatic N) is 5. The fraction of sp³-hybridized carbons (Fsp3) is 0.444. The highest BCUT2D eigenvalue weighted by Crippen LogP contribution is 2.45. The maximum Gasteiger partial charge on any atom is 0.351 e. The van der Waals surface area contributed by atoms with Gasteiger partial charge in [0.1, 0.15) is 0 Å². The standard InChI is InChI=1S/C18H21N5O2/c1-6-23-14-10-12(3)11(2)9-13(14)21(4)15-18(23,7-8-19)16(24)22(5)17(25)20-15/h9-10H,6-7H2,1-5H3. The second kappa shape index (κ2) is 5.59. The lowest BCUT2D eigenvalue weighted by molar-refractivity contribution is -0.130. The van der Waals surface area contributed by atoms with Gasteiger partial charge in [-0.1, -0.05) is 0 Å². The molecule has 1 unspecified atom stereocenters. The number of aliphatic imine (C=N–C) groups is 1. The van der Waals surface area contributed by atoms with Crippen LogP contribution < -0.4 is 9.80 Å². The summed E-state index contributed by atoms with van der Waals surface area (Å²) in [7, 11) is 3.20. The normalized spacial score (nSPS) is 22.4. The van der Waals surface area contributed by atoms with Gasteiger partial charge >= 0.3 is 6.03 Å². The molecule has 1 aromatic rings. The molecule has 0 bridgehead atoms. The van der Waals surface area contributed by atoms with Gasteiger partial charge in [-0.05, 0) is 44.0 Å². The van der Waals surface area contributed by atoms with Crippen LogP contribution in [0.3, 0.4) is 0 Å². The van der Waals surface area contributed by atoms with Gasteiger partial charge in [0.15, 0.2) is 11.4 Å². The van der Waals surface area contributed by atoms with E-state index in [2.05, 4.69) is 11.1 Å². The molecule has 3 amide bonds. The highest BCUT2D eigenvalue weighted by molar-refractivity contribution is 6.30. The van der Waals surface area contributed by atoms with E-state index in [1.807, 2.05) is 37.8 Å². The number of carbonyl (C=O) groups excluding carboxylic acids is 2. The highest BCUT2D eigenvalue weighted by Gasteiger charge is 2.58.